The van der Waals surface area contributed by atoms with Crippen molar-refractivity contribution in [2.45, 2.75) is 19.5 Å². The highest BCUT2D eigenvalue weighted by molar-refractivity contribution is 6.31. The zero-order chi connectivity index (χ0) is 22.9. The number of hydrogen-bond donors (Lipinski definition) is 0. The van der Waals surface area contributed by atoms with E-state index in [-0.39, 0.29) is 23.3 Å². The van der Waals surface area contributed by atoms with Crippen LogP contribution in [0.4, 0.5) is 13.2 Å². The van der Waals surface area contributed by atoms with Crippen molar-refractivity contribution in [1.82, 2.24) is 4.98 Å². The van der Waals surface area contributed by atoms with E-state index >= 15 is 0 Å². The van der Waals surface area contributed by atoms with E-state index in [0.29, 0.717) is 37.1 Å². The summed E-state index contributed by atoms with van der Waals surface area (Å²) in [6, 6.07) is 5.53. The summed E-state index contributed by atoms with van der Waals surface area (Å²) in [7, 11) is 1.58. The molecule has 31 heavy (non-hydrogen) atoms. The quantitative estimate of drug-likeness (QED) is 0.264. The number of carbonyl (C=O) groups excluding carboxylic acids is 1. The van der Waals surface area contributed by atoms with Crippen molar-refractivity contribution in [2.75, 3.05) is 26.9 Å². The van der Waals surface area contributed by atoms with Crippen molar-refractivity contribution in [3.63, 3.8) is 0 Å². The number of aromatic nitrogens is 1. The van der Waals surface area contributed by atoms with Gasteiger partial charge in [-0.2, -0.15) is 13.2 Å². The van der Waals surface area contributed by atoms with Crippen LogP contribution in [-0.2, 0) is 20.4 Å². The zero-order valence-electron chi connectivity index (χ0n) is 16.9. The van der Waals surface area contributed by atoms with E-state index in [1.54, 1.807) is 26.2 Å². The van der Waals surface area contributed by atoms with Gasteiger partial charge in [0.05, 0.1) is 18.8 Å². The molecule has 0 fully saturated rings. The molecule has 0 unspecified atom stereocenters. The first kappa shape index (κ1) is 24.5. The Morgan fingerprint density at radius 2 is 2.00 bits per heavy atom. The van der Waals surface area contributed by atoms with E-state index in [0.717, 1.165) is 6.07 Å². The molecular weight excluding hydrogens is 439 g/mol. The Hall–Kier alpha value is -2.78. The number of carbonyl (C=O) groups is 1. The second kappa shape index (κ2) is 11.6. The number of benzene rings is 1. The van der Waals surface area contributed by atoms with E-state index in [2.05, 4.69) is 4.98 Å². The molecule has 0 saturated carbocycles. The molecule has 0 aliphatic heterocycles. The van der Waals surface area contributed by atoms with Crippen LogP contribution in [0.5, 0.6) is 17.4 Å². The molecule has 0 spiro atoms. The van der Waals surface area contributed by atoms with Gasteiger partial charge in [0.25, 0.3) is 0 Å². The third-order valence-electron chi connectivity index (χ3n) is 3.77. The highest BCUT2D eigenvalue weighted by Gasteiger charge is 2.31. The van der Waals surface area contributed by atoms with Gasteiger partial charge < -0.3 is 18.9 Å². The summed E-state index contributed by atoms with van der Waals surface area (Å²) in [6.45, 7) is 2.79. The van der Waals surface area contributed by atoms with Crippen molar-refractivity contribution < 1.29 is 36.9 Å². The van der Waals surface area contributed by atoms with Crippen LogP contribution in [0.25, 0.3) is 6.08 Å². The molecule has 0 radical (unpaired) electrons. The number of hydrogen-bond acceptors (Lipinski definition) is 6. The standard InChI is InChI=1S/C21H21ClF3NO5/c1-3-29-19(27)8-6-14-5-7-16(30-10-4-9-28-2)12-18(14)31-20-17(22)11-15(13-26-20)21(23,24)25/h5-8,11-13H,3-4,9-10H2,1-2H3. The van der Waals surface area contributed by atoms with E-state index in [1.165, 1.54) is 18.2 Å². The molecular formula is C21H21ClF3NO5. The molecule has 0 amide bonds. The first-order valence-electron chi connectivity index (χ1n) is 9.25. The molecule has 1 aromatic carbocycles. The summed E-state index contributed by atoms with van der Waals surface area (Å²) in [5.74, 6) is -0.155. The van der Waals surface area contributed by atoms with Crippen LogP contribution in [0.1, 0.15) is 24.5 Å². The number of rotatable bonds is 10. The van der Waals surface area contributed by atoms with Gasteiger partial charge in [-0.15, -0.1) is 0 Å². The highest BCUT2D eigenvalue weighted by atomic mass is 35.5. The highest BCUT2D eigenvalue weighted by Crippen LogP contribution is 2.36. The first-order chi connectivity index (χ1) is 14.7. The molecule has 0 atom stereocenters. The molecule has 0 aliphatic rings. The van der Waals surface area contributed by atoms with Crippen molar-refractivity contribution >= 4 is 23.6 Å². The lowest BCUT2D eigenvalue weighted by atomic mass is 10.1. The number of pyridine rings is 1. The normalized spacial score (nSPS) is 11.5. The van der Waals surface area contributed by atoms with Gasteiger partial charge in [-0.05, 0) is 31.2 Å². The Kier molecular flexibility index (Phi) is 9.14. The fourth-order valence-electron chi connectivity index (χ4n) is 2.33. The van der Waals surface area contributed by atoms with Gasteiger partial charge in [0.2, 0.25) is 5.88 Å². The molecule has 2 aromatic rings. The second-order valence-electron chi connectivity index (χ2n) is 6.09. The SMILES string of the molecule is CCOC(=O)C=Cc1ccc(OCCCOC)cc1Oc1ncc(C(F)(F)F)cc1Cl. The maximum atomic E-state index is 12.8. The Morgan fingerprint density at radius 1 is 1.23 bits per heavy atom. The minimum absolute atomic E-state index is 0.180. The van der Waals surface area contributed by atoms with Gasteiger partial charge in [-0.25, -0.2) is 9.78 Å². The fourth-order valence-corrected chi connectivity index (χ4v) is 2.54. The van der Waals surface area contributed by atoms with Crippen LogP contribution < -0.4 is 9.47 Å². The average molecular weight is 460 g/mol. The maximum absolute atomic E-state index is 12.8. The number of methoxy groups -OCH3 is 1. The van der Waals surface area contributed by atoms with Gasteiger partial charge in [0, 0.05) is 44.0 Å². The van der Waals surface area contributed by atoms with Crippen molar-refractivity contribution in [3.8, 4) is 17.4 Å². The van der Waals surface area contributed by atoms with E-state index < -0.39 is 17.7 Å². The van der Waals surface area contributed by atoms with E-state index in [9.17, 15) is 18.0 Å². The van der Waals surface area contributed by atoms with Crippen LogP contribution in [0, 0.1) is 0 Å². The summed E-state index contributed by atoms with van der Waals surface area (Å²) in [6.07, 6.45) is -0.658. The number of halogens is 4. The summed E-state index contributed by atoms with van der Waals surface area (Å²) >= 11 is 5.94. The van der Waals surface area contributed by atoms with E-state index in [1.807, 2.05) is 0 Å². The number of nitrogens with zero attached hydrogens (tertiary/aromatic N) is 1. The number of esters is 1. The van der Waals surface area contributed by atoms with Crippen LogP contribution in [0.2, 0.25) is 5.02 Å². The number of alkyl halides is 3. The van der Waals surface area contributed by atoms with Gasteiger partial charge >= 0.3 is 12.1 Å². The molecule has 2 rings (SSSR count). The predicted octanol–water partition coefficient (Wildman–Crippen LogP) is 5.54. The van der Waals surface area contributed by atoms with E-state index in [4.69, 9.17) is 30.5 Å². The second-order valence-corrected chi connectivity index (χ2v) is 6.50. The molecule has 1 aromatic heterocycles. The van der Waals surface area contributed by atoms with Crippen LogP contribution in [-0.4, -0.2) is 37.9 Å². The predicted molar refractivity (Wildman–Crippen MR) is 108 cm³/mol. The Labute approximate surface area is 182 Å². The minimum Gasteiger partial charge on any atom is -0.493 e. The molecule has 0 bridgehead atoms. The van der Waals surface area contributed by atoms with Gasteiger partial charge in [0.15, 0.2) is 0 Å². The van der Waals surface area contributed by atoms with Crippen LogP contribution in [0.15, 0.2) is 36.5 Å². The van der Waals surface area contributed by atoms with Crippen LogP contribution >= 0.6 is 11.6 Å². The lowest BCUT2D eigenvalue weighted by Crippen LogP contribution is -2.06. The maximum Gasteiger partial charge on any atom is 0.417 e. The summed E-state index contributed by atoms with van der Waals surface area (Å²) in [5, 5.41) is -0.318. The zero-order valence-corrected chi connectivity index (χ0v) is 17.6. The topological polar surface area (TPSA) is 66.9 Å². The molecule has 0 aliphatic carbocycles. The summed E-state index contributed by atoms with van der Waals surface area (Å²) in [5.41, 5.74) is -0.558. The van der Waals surface area contributed by atoms with Gasteiger partial charge in [0.1, 0.15) is 16.5 Å². The smallest absolute Gasteiger partial charge is 0.417 e. The Bertz CT molecular complexity index is 918. The lowest BCUT2D eigenvalue weighted by molar-refractivity contribution is -0.138. The molecule has 1 heterocycles. The fraction of sp³-hybridized carbons (Fsp3) is 0.333. The Balaban J connectivity index is 2.31. The van der Waals surface area contributed by atoms with Crippen molar-refractivity contribution in [3.05, 3.63) is 52.7 Å². The average Bonchev–Trinajstić information content (AvgIpc) is 2.71. The Morgan fingerprint density at radius 3 is 2.65 bits per heavy atom. The monoisotopic (exact) mass is 459 g/mol. The minimum atomic E-state index is -4.58. The first-order valence-corrected chi connectivity index (χ1v) is 9.63. The molecule has 10 heteroatoms. The van der Waals surface area contributed by atoms with Gasteiger partial charge in [-0.3, -0.25) is 0 Å². The summed E-state index contributed by atoms with van der Waals surface area (Å²) in [4.78, 5) is 15.3. The number of ether oxygens (including phenoxy) is 4. The largest absolute Gasteiger partial charge is 0.493 e. The third kappa shape index (κ3) is 7.76. The molecule has 0 saturated heterocycles. The lowest BCUT2D eigenvalue weighted by Gasteiger charge is -2.13. The third-order valence-corrected chi connectivity index (χ3v) is 4.04. The summed E-state index contributed by atoms with van der Waals surface area (Å²) < 4.78 is 59.6. The van der Waals surface area contributed by atoms with Crippen molar-refractivity contribution in [2.24, 2.45) is 0 Å². The molecule has 0 N–H and O–H groups in total. The van der Waals surface area contributed by atoms with Gasteiger partial charge in [-0.1, -0.05) is 11.6 Å². The van der Waals surface area contributed by atoms with Crippen LogP contribution in [0.3, 0.4) is 0 Å². The van der Waals surface area contributed by atoms with Crippen molar-refractivity contribution in [1.29, 1.82) is 0 Å². The molecule has 168 valence electrons. The molecule has 6 nitrogen and oxygen atoms in total.